The second-order valence-electron chi connectivity index (χ2n) is 12.7. The lowest BCUT2D eigenvalue weighted by Crippen LogP contribution is -2.67. The summed E-state index contributed by atoms with van der Waals surface area (Å²) in [5.74, 6) is 3.87. The van der Waals surface area contributed by atoms with Crippen molar-refractivity contribution in [1.29, 1.82) is 0 Å². The zero-order valence-corrected chi connectivity index (χ0v) is 20.1. The molecule has 0 aromatic carbocycles. The number of carbonyl (C=O) groups excluding carboxylic acids is 1. The quantitative estimate of drug-likeness (QED) is 0.596. The number of aliphatic hydroxyl groups is 2. The minimum absolute atomic E-state index is 0.0303. The highest BCUT2D eigenvalue weighted by molar-refractivity contribution is 5.89. The topological polar surface area (TPSA) is 57.5 Å². The molecule has 30 heavy (non-hydrogen) atoms. The highest BCUT2D eigenvalue weighted by Crippen LogP contribution is 2.68. The molecule has 4 saturated carbocycles. The standard InChI is InChI=1S/C27H46O3/c1-17(2)7-6-8-18(3)21-9-10-22-20-15-24(29)27(30)16-19(28)11-14-26(27,5)23(20)12-13-25(21,22)4/h17-23,28,30H,6-16H2,1-5H3/t18?,19-,20?,21+,22?,23?,25+,26+,27-/m0/s1. The van der Waals surface area contributed by atoms with E-state index in [2.05, 4.69) is 34.6 Å². The lowest BCUT2D eigenvalue weighted by atomic mass is 9.42. The zero-order valence-electron chi connectivity index (χ0n) is 20.1. The van der Waals surface area contributed by atoms with Gasteiger partial charge in [0, 0.05) is 18.3 Å². The summed E-state index contributed by atoms with van der Waals surface area (Å²) >= 11 is 0. The van der Waals surface area contributed by atoms with Gasteiger partial charge in [0.05, 0.1) is 6.10 Å². The predicted molar refractivity (Wildman–Crippen MR) is 121 cm³/mol. The summed E-state index contributed by atoms with van der Waals surface area (Å²) in [4.78, 5) is 13.3. The maximum absolute atomic E-state index is 13.3. The molecule has 4 unspecified atom stereocenters. The molecule has 0 heterocycles. The van der Waals surface area contributed by atoms with Crippen LogP contribution in [0.25, 0.3) is 0 Å². The van der Waals surface area contributed by atoms with Crippen LogP contribution in [-0.4, -0.2) is 27.7 Å². The Morgan fingerprint density at radius 2 is 1.73 bits per heavy atom. The van der Waals surface area contributed by atoms with E-state index in [1.165, 1.54) is 38.5 Å². The number of ketones is 1. The Bertz CT molecular complexity index is 658. The summed E-state index contributed by atoms with van der Waals surface area (Å²) in [6.45, 7) is 11.9. The molecule has 0 spiro atoms. The van der Waals surface area contributed by atoms with Crippen LogP contribution >= 0.6 is 0 Å². The third kappa shape index (κ3) is 3.33. The molecule has 0 bridgehead atoms. The van der Waals surface area contributed by atoms with Crippen LogP contribution in [0.1, 0.15) is 105 Å². The van der Waals surface area contributed by atoms with Crippen LogP contribution in [-0.2, 0) is 4.79 Å². The smallest absolute Gasteiger partial charge is 0.165 e. The summed E-state index contributed by atoms with van der Waals surface area (Å²) in [7, 11) is 0. The van der Waals surface area contributed by atoms with Gasteiger partial charge in [-0.2, -0.15) is 0 Å². The molecule has 0 aromatic heterocycles. The molecule has 172 valence electrons. The lowest BCUT2D eigenvalue weighted by Gasteiger charge is -2.63. The van der Waals surface area contributed by atoms with E-state index in [9.17, 15) is 15.0 Å². The van der Waals surface area contributed by atoms with Crippen LogP contribution in [0.15, 0.2) is 0 Å². The summed E-state index contributed by atoms with van der Waals surface area (Å²) in [5, 5.41) is 21.7. The van der Waals surface area contributed by atoms with Crippen LogP contribution < -0.4 is 0 Å². The normalized spacial score (nSPS) is 49.5. The van der Waals surface area contributed by atoms with Crippen LogP contribution in [0, 0.1) is 46.3 Å². The minimum atomic E-state index is -1.30. The monoisotopic (exact) mass is 418 g/mol. The molecule has 2 N–H and O–H groups in total. The van der Waals surface area contributed by atoms with Gasteiger partial charge in [0.1, 0.15) is 5.60 Å². The van der Waals surface area contributed by atoms with Crippen molar-refractivity contribution in [2.24, 2.45) is 46.3 Å². The first kappa shape index (κ1) is 22.8. The van der Waals surface area contributed by atoms with Gasteiger partial charge in [-0.1, -0.05) is 53.9 Å². The molecular weight excluding hydrogens is 372 g/mol. The van der Waals surface area contributed by atoms with Gasteiger partial charge in [-0.05, 0) is 79.4 Å². The van der Waals surface area contributed by atoms with E-state index in [1.54, 1.807) is 0 Å². The van der Waals surface area contributed by atoms with E-state index in [0.717, 1.165) is 37.0 Å². The highest BCUT2D eigenvalue weighted by atomic mass is 16.3. The molecule has 3 nitrogen and oxygen atoms in total. The third-order valence-electron chi connectivity index (χ3n) is 10.8. The average Bonchev–Trinajstić information content (AvgIpc) is 3.01. The van der Waals surface area contributed by atoms with E-state index in [1.807, 2.05) is 0 Å². The van der Waals surface area contributed by atoms with Crippen LogP contribution in [0.3, 0.4) is 0 Å². The van der Waals surface area contributed by atoms with Crippen LogP contribution in [0.2, 0.25) is 0 Å². The van der Waals surface area contributed by atoms with Crippen molar-refractivity contribution in [3.8, 4) is 0 Å². The van der Waals surface area contributed by atoms with E-state index >= 15 is 0 Å². The number of Topliss-reactive ketones (excluding diaryl/α,β-unsaturated/α-hetero) is 1. The number of fused-ring (bicyclic) bond motifs is 5. The van der Waals surface area contributed by atoms with Crippen LogP contribution in [0.5, 0.6) is 0 Å². The van der Waals surface area contributed by atoms with E-state index < -0.39 is 11.7 Å². The van der Waals surface area contributed by atoms with Gasteiger partial charge < -0.3 is 10.2 Å². The number of hydrogen-bond acceptors (Lipinski definition) is 3. The molecule has 4 aliphatic carbocycles. The van der Waals surface area contributed by atoms with Crippen molar-refractivity contribution in [3.63, 3.8) is 0 Å². The molecule has 0 aromatic rings. The van der Waals surface area contributed by atoms with E-state index in [-0.39, 0.29) is 17.6 Å². The Morgan fingerprint density at radius 1 is 1.00 bits per heavy atom. The van der Waals surface area contributed by atoms with Gasteiger partial charge in [0.2, 0.25) is 0 Å². The van der Waals surface area contributed by atoms with Gasteiger partial charge in [-0.25, -0.2) is 0 Å². The Kier molecular flexibility index (Phi) is 5.97. The molecule has 0 aliphatic heterocycles. The van der Waals surface area contributed by atoms with Crippen molar-refractivity contribution in [3.05, 3.63) is 0 Å². The number of rotatable bonds is 5. The summed E-state index contributed by atoms with van der Waals surface area (Å²) < 4.78 is 0. The van der Waals surface area contributed by atoms with Crippen molar-refractivity contribution in [2.45, 2.75) is 117 Å². The molecule has 0 radical (unpaired) electrons. The van der Waals surface area contributed by atoms with Crippen molar-refractivity contribution >= 4 is 5.78 Å². The Labute approximate surface area is 184 Å². The van der Waals surface area contributed by atoms with Crippen LogP contribution in [0.4, 0.5) is 0 Å². The van der Waals surface area contributed by atoms with Crippen molar-refractivity contribution in [1.82, 2.24) is 0 Å². The average molecular weight is 419 g/mol. The molecule has 4 fully saturated rings. The Hall–Kier alpha value is -0.410. The molecule has 4 aliphatic rings. The van der Waals surface area contributed by atoms with Gasteiger partial charge in [-0.3, -0.25) is 4.79 Å². The summed E-state index contributed by atoms with van der Waals surface area (Å²) in [6.07, 6.45) is 10.8. The minimum Gasteiger partial charge on any atom is -0.393 e. The van der Waals surface area contributed by atoms with Gasteiger partial charge >= 0.3 is 0 Å². The number of aliphatic hydroxyl groups excluding tert-OH is 1. The second-order valence-corrected chi connectivity index (χ2v) is 12.7. The maximum atomic E-state index is 13.3. The van der Waals surface area contributed by atoms with Gasteiger partial charge in [0.25, 0.3) is 0 Å². The first-order chi connectivity index (χ1) is 14.0. The van der Waals surface area contributed by atoms with E-state index in [0.29, 0.717) is 29.6 Å². The fourth-order valence-electron chi connectivity index (χ4n) is 9.04. The maximum Gasteiger partial charge on any atom is 0.165 e. The van der Waals surface area contributed by atoms with Crippen molar-refractivity contribution in [2.75, 3.05) is 0 Å². The molecule has 4 rings (SSSR count). The van der Waals surface area contributed by atoms with Crippen molar-refractivity contribution < 1.29 is 15.0 Å². The molecule has 9 atom stereocenters. The SMILES string of the molecule is CC(C)CCCC(C)[C@H]1CCC2C3CC(=O)[C@@]4(O)C[C@@H](O)CC[C@]4(C)C3CC[C@@]21C. The second kappa shape index (κ2) is 7.87. The predicted octanol–water partition coefficient (Wildman–Crippen LogP) is 5.76. The third-order valence-corrected chi connectivity index (χ3v) is 10.8. The fourth-order valence-corrected chi connectivity index (χ4v) is 9.04. The number of hydrogen-bond donors (Lipinski definition) is 2. The lowest BCUT2D eigenvalue weighted by molar-refractivity contribution is -0.213. The Balaban J connectivity index is 1.54. The highest BCUT2D eigenvalue weighted by Gasteiger charge is 2.67. The molecule has 0 saturated heterocycles. The molecular formula is C27H46O3. The number of carbonyl (C=O) groups is 1. The fraction of sp³-hybridized carbons (Fsp3) is 0.963. The zero-order chi connectivity index (χ0) is 21.9. The molecule has 3 heteroatoms. The van der Waals surface area contributed by atoms with Gasteiger partial charge in [-0.15, -0.1) is 0 Å². The summed E-state index contributed by atoms with van der Waals surface area (Å²) in [5.41, 5.74) is -1.30. The first-order valence-electron chi connectivity index (χ1n) is 13.0. The first-order valence-corrected chi connectivity index (χ1v) is 13.0. The molecule has 0 amide bonds. The summed E-state index contributed by atoms with van der Waals surface area (Å²) in [6, 6.07) is 0. The van der Waals surface area contributed by atoms with E-state index in [4.69, 9.17) is 0 Å². The van der Waals surface area contributed by atoms with Gasteiger partial charge in [0.15, 0.2) is 5.78 Å². The Morgan fingerprint density at radius 3 is 2.43 bits per heavy atom. The largest absolute Gasteiger partial charge is 0.393 e.